The minimum atomic E-state index is -3.59. The standard InChI is InChI=1S/C22H26Cl2N2O4S/c1-15(18-7-3-4-8-21(18)30-2)25-22(27)17-6-5-11-26(13-17)31(28,29)14-16-9-10-19(23)20(24)12-16/h3-4,7-10,12,15,17H,5-6,11,13-14H2,1-2H3,(H,25,27). The summed E-state index contributed by atoms with van der Waals surface area (Å²) in [5.41, 5.74) is 1.43. The molecular formula is C22H26Cl2N2O4S. The number of piperidine rings is 1. The fourth-order valence-electron chi connectivity index (χ4n) is 3.77. The Hall–Kier alpha value is -1.80. The lowest BCUT2D eigenvalue weighted by Gasteiger charge is -2.32. The topological polar surface area (TPSA) is 75.7 Å². The number of para-hydroxylation sites is 1. The third-order valence-electron chi connectivity index (χ3n) is 5.45. The van der Waals surface area contributed by atoms with Gasteiger partial charge in [-0.1, -0.05) is 47.5 Å². The third-order valence-corrected chi connectivity index (χ3v) is 8.00. The van der Waals surface area contributed by atoms with Gasteiger partial charge in [-0.25, -0.2) is 12.7 Å². The Morgan fingerprint density at radius 1 is 1.23 bits per heavy atom. The van der Waals surface area contributed by atoms with E-state index in [-0.39, 0.29) is 24.2 Å². The Bertz CT molecular complexity index is 1050. The minimum absolute atomic E-state index is 0.159. The van der Waals surface area contributed by atoms with Gasteiger partial charge in [-0.3, -0.25) is 4.79 Å². The number of nitrogens with one attached hydrogen (secondary N) is 1. The van der Waals surface area contributed by atoms with Crippen LogP contribution in [0.25, 0.3) is 0 Å². The van der Waals surface area contributed by atoms with E-state index in [0.717, 1.165) is 5.56 Å². The van der Waals surface area contributed by atoms with Gasteiger partial charge in [0.1, 0.15) is 5.75 Å². The van der Waals surface area contributed by atoms with Gasteiger partial charge in [0.2, 0.25) is 15.9 Å². The highest BCUT2D eigenvalue weighted by Gasteiger charge is 2.33. The van der Waals surface area contributed by atoms with Crippen LogP contribution in [0.3, 0.4) is 0 Å². The molecule has 0 saturated carbocycles. The molecule has 2 atom stereocenters. The Morgan fingerprint density at radius 3 is 2.68 bits per heavy atom. The lowest BCUT2D eigenvalue weighted by atomic mass is 9.97. The number of sulfonamides is 1. The first-order chi connectivity index (χ1) is 14.7. The van der Waals surface area contributed by atoms with E-state index in [4.69, 9.17) is 27.9 Å². The number of methoxy groups -OCH3 is 1. The summed E-state index contributed by atoms with van der Waals surface area (Å²) in [6.45, 7) is 2.45. The molecule has 2 aromatic carbocycles. The molecule has 0 aromatic heterocycles. The number of carbonyl (C=O) groups excluding carboxylic acids is 1. The zero-order valence-corrected chi connectivity index (χ0v) is 19.8. The highest BCUT2D eigenvalue weighted by molar-refractivity contribution is 7.88. The second-order valence-corrected chi connectivity index (χ2v) is 10.5. The Balaban J connectivity index is 1.66. The van der Waals surface area contributed by atoms with E-state index in [9.17, 15) is 13.2 Å². The van der Waals surface area contributed by atoms with Crippen LogP contribution in [-0.2, 0) is 20.6 Å². The van der Waals surface area contributed by atoms with Crippen molar-refractivity contribution in [1.82, 2.24) is 9.62 Å². The summed E-state index contributed by atoms with van der Waals surface area (Å²) in [6, 6.07) is 12.0. The molecule has 2 aromatic rings. The molecule has 31 heavy (non-hydrogen) atoms. The number of amides is 1. The number of carbonyl (C=O) groups is 1. The van der Waals surface area contributed by atoms with Crippen LogP contribution in [0.15, 0.2) is 42.5 Å². The van der Waals surface area contributed by atoms with Crippen molar-refractivity contribution in [1.29, 1.82) is 0 Å². The van der Waals surface area contributed by atoms with E-state index in [1.165, 1.54) is 4.31 Å². The van der Waals surface area contributed by atoms with Crippen LogP contribution < -0.4 is 10.1 Å². The van der Waals surface area contributed by atoms with Crippen molar-refractivity contribution in [3.63, 3.8) is 0 Å². The summed E-state index contributed by atoms with van der Waals surface area (Å²) in [7, 11) is -2.00. The second kappa shape index (κ2) is 10.2. The summed E-state index contributed by atoms with van der Waals surface area (Å²) in [4.78, 5) is 12.9. The monoisotopic (exact) mass is 484 g/mol. The Kier molecular flexibility index (Phi) is 7.86. The molecule has 1 aliphatic rings. The van der Waals surface area contributed by atoms with Crippen LogP contribution in [0.1, 0.15) is 36.9 Å². The fourth-order valence-corrected chi connectivity index (χ4v) is 5.69. The summed E-state index contributed by atoms with van der Waals surface area (Å²) < 4.78 is 32.7. The van der Waals surface area contributed by atoms with Crippen LogP contribution in [0.5, 0.6) is 5.75 Å². The quantitative estimate of drug-likeness (QED) is 0.630. The molecule has 1 saturated heterocycles. The number of benzene rings is 2. The Morgan fingerprint density at radius 2 is 1.97 bits per heavy atom. The first-order valence-electron chi connectivity index (χ1n) is 10.1. The van der Waals surface area contributed by atoms with Gasteiger partial charge in [0.25, 0.3) is 0 Å². The number of nitrogens with zero attached hydrogens (tertiary/aromatic N) is 1. The van der Waals surface area contributed by atoms with Gasteiger partial charge < -0.3 is 10.1 Å². The smallest absolute Gasteiger partial charge is 0.224 e. The molecule has 0 spiro atoms. The maximum Gasteiger partial charge on any atom is 0.224 e. The first kappa shape index (κ1) is 23.9. The molecule has 0 aliphatic carbocycles. The largest absolute Gasteiger partial charge is 0.496 e. The first-order valence-corrected chi connectivity index (χ1v) is 12.4. The van der Waals surface area contributed by atoms with E-state index >= 15 is 0 Å². The van der Waals surface area contributed by atoms with Gasteiger partial charge in [0.05, 0.1) is 34.9 Å². The lowest BCUT2D eigenvalue weighted by molar-refractivity contribution is -0.126. The van der Waals surface area contributed by atoms with Gasteiger partial charge in [-0.05, 0) is 43.5 Å². The molecule has 6 nitrogen and oxygen atoms in total. The summed E-state index contributed by atoms with van der Waals surface area (Å²) in [6.07, 6.45) is 1.27. The predicted molar refractivity (Wildman–Crippen MR) is 123 cm³/mol. The second-order valence-electron chi connectivity index (χ2n) is 7.67. The van der Waals surface area contributed by atoms with Gasteiger partial charge in [-0.2, -0.15) is 0 Å². The molecule has 1 amide bonds. The van der Waals surface area contributed by atoms with Gasteiger partial charge in [0, 0.05) is 18.7 Å². The van der Waals surface area contributed by atoms with Gasteiger partial charge in [-0.15, -0.1) is 0 Å². The molecule has 9 heteroatoms. The van der Waals surface area contributed by atoms with E-state index in [1.807, 2.05) is 31.2 Å². The molecule has 3 rings (SSSR count). The van der Waals surface area contributed by atoms with Crippen molar-refractivity contribution < 1.29 is 17.9 Å². The molecular weight excluding hydrogens is 459 g/mol. The molecule has 0 bridgehead atoms. The van der Waals surface area contributed by atoms with E-state index in [0.29, 0.717) is 40.7 Å². The normalized spacial score (nSPS) is 18.4. The SMILES string of the molecule is COc1ccccc1C(C)NC(=O)C1CCCN(S(=O)(=O)Cc2ccc(Cl)c(Cl)c2)C1. The van der Waals surface area contributed by atoms with Gasteiger partial charge in [0.15, 0.2) is 0 Å². The molecule has 1 fully saturated rings. The zero-order valence-electron chi connectivity index (χ0n) is 17.5. The lowest BCUT2D eigenvalue weighted by Crippen LogP contribution is -2.46. The molecule has 0 radical (unpaired) electrons. The number of hydrogen-bond donors (Lipinski definition) is 1. The van der Waals surface area contributed by atoms with Crippen LogP contribution in [0.4, 0.5) is 0 Å². The van der Waals surface area contributed by atoms with Crippen molar-refractivity contribution in [3.05, 3.63) is 63.6 Å². The minimum Gasteiger partial charge on any atom is -0.496 e. The molecule has 1 aliphatic heterocycles. The number of ether oxygens (including phenoxy) is 1. The summed E-state index contributed by atoms with van der Waals surface area (Å²) in [5.74, 6) is -0.0531. The maximum atomic E-state index is 12.9. The average Bonchev–Trinajstić information content (AvgIpc) is 2.76. The van der Waals surface area contributed by atoms with Crippen molar-refractivity contribution in [2.24, 2.45) is 5.92 Å². The van der Waals surface area contributed by atoms with Crippen molar-refractivity contribution in [3.8, 4) is 5.75 Å². The van der Waals surface area contributed by atoms with Crippen molar-refractivity contribution in [2.45, 2.75) is 31.6 Å². The van der Waals surface area contributed by atoms with Crippen molar-refractivity contribution >= 4 is 39.1 Å². The number of hydrogen-bond acceptors (Lipinski definition) is 4. The van der Waals surface area contributed by atoms with Gasteiger partial charge >= 0.3 is 0 Å². The molecule has 2 unspecified atom stereocenters. The highest BCUT2D eigenvalue weighted by atomic mass is 35.5. The Labute approximate surface area is 193 Å². The average molecular weight is 485 g/mol. The van der Waals surface area contributed by atoms with Crippen molar-refractivity contribution in [2.75, 3.05) is 20.2 Å². The number of rotatable bonds is 7. The summed E-state index contributed by atoms with van der Waals surface area (Å²) >= 11 is 11.9. The van der Waals surface area contributed by atoms with Crippen LogP contribution in [-0.4, -0.2) is 38.8 Å². The van der Waals surface area contributed by atoms with Crippen LogP contribution in [0, 0.1) is 5.92 Å². The molecule has 1 N–H and O–H groups in total. The maximum absolute atomic E-state index is 12.9. The van der Waals surface area contributed by atoms with Crippen LogP contribution >= 0.6 is 23.2 Å². The fraction of sp³-hybridized carbons (Fsp3) is 0.409. The summed E-state index contributed by atoms with van der Waals surface area (Å²) in [5, 5.41) is 3.70. The van der Waals surface area contributed by atoms with E-state index in [1.54, 1.807) is 25.3 Å². The van der Waals surface area contributed by atoms with Crippen LogP contribution in [0.2, 0.25) is 10.0 Å². The highest BCUT2D eigenvalue weighted by Crippen LogP contribution is 2.28. The van der Waals surface area contributed by atoms with E-state index in [2.05, 4.69) is 5.32 Å². The zero-order chi connectivity index (χ0) is 22.6. The van der Waals surface area contributed by atoms with E-state index < -0.39 is 15.9 Å². The molecule has 168 valence electrons. The number of halogens is 2. The predicted octanol–water partition coefficient (Wildman–Crippen LogP) is 4.42. The molecule has 1 heterocycles. The third kappa shape index (κ3) is 5.92.